The summed E-state index contributed by atoms with van der Waals surface area (Å²) in [5.41, 5.74) is 11.3. The normalized spacial score (nSPS) is 11.7. The summed E-state index contributed by atoms with van der Waals surface area (Å²) in [5, 5.41) is 3.46. The minimum absolute atomic E-state index is 0.601. The van der Waals surface area contributed by atoms with Gasteiger partial charge in [0, 0.05) is 33.0 Å². The number of fused-ring (bicyclic) bond motifs is 3. The fraction of sp³-hybridized carbons (Fsp3) is 0.0625. The Hall–Kier alpha value is -6.43. The lowest BCUT2D eigenvalue weighted by atomic mass is 9.97. The fourth-order valence-corrected chi connectivity index (χ4v) is 8.26. The first-order chi connectivity index (χ1) is 25.9. The number of hydrogen-bond donors (Lipinski definition) is 0. The molecule has 254 valence electrons. The highest BCUT2D eigenvalue weighted by Crippen LogP contribution is 2.41. The largest absolute Gasteiger partial charge is 0.455 e. The van der Waals surface area contributed by atoms with Crippen LogP contribution in [0.4, 0.5) is 0 Å². The topological polar surface area (TPSA) is 51.8 Å². The van der Waals surface area contributed by atoms with Crippen molar-refractivity contribution >= 4 is 35.2 Å². The van der Waals surface area contributed by atoms with E-state index in [1.54, 1.807) is 0 Å². The van der Waals surface area contributed by atoms with Crippen LogP contribution >= 0.6 is 0 Å². The quantitative estimate of drug-likeness (QED) is 0.155. The summed E-state index contributed by atoms with van der Waals surface area (Å²) in [6.07, 6.45) is 0. The van der Waals surface area contributed by atoms with Crippen molar-refractivity contribution in [2.75, 3.05) is 0 Å². The molecule has 9 rings (SSSR count). The van der Waals surface area contributed by atoms with Crippen molar-refractivity contribution in [3.05, 3.63) is 170 Å². The van der Waals surface area contributed by atoms with Crippen molar-refractivity contribution in [1.29, 1.82) is 0 Å². The van der Waals surface area contributed by atoms with E-state index >= 15 is 0 Å². The van der Waals surface area contributed by atoms with E-state index in [9.17, 15) is 0 Å². The van der Waals surface area contributed by atoms with E-state index < -0.39 is 8.07 Å². The Morgan fingerprint density at radius 1 is 0.396 bits per heavy atom. The van der Waals surface area contributed by atoms with Gasteiger partial charge in [0.2, 0.25) is 0 Å². The van der Waals surface area contributed by atoms with Gasteiger partial charge < -0.3 is 4.42 Å². The molecule has 0 aliphatic carbocycles. The molecule has 0 amide bonds. The van der Waals surface area contributed by atoms with Crippen LogP contribution in [0.3, 0.4) is 0 Å². The molecule has 0 N–H and O–H groups in total. The Balaban J connectivity index is 1.18. The molecule has 0 aliphatic heterocycles. The van der Waals surface area contributed by atoms with Gasteiger partial charge in [0.05, 0.1) is 8.07 Å². The highest BCUT2D eigenvalue weighted by atomic mass is 28.3. The van der Waals surface area contributed by atoms with Gasteiger partial charge >= 0.3 is 0 Å². The second kappa shape index (κ2) is 13.3. The minimum Gasteiger partial charge on any atom is -0.455 e. The molecule has 0 aliphatic rings. The molecular formula is C48H37N3OSi. The second-order valence-corrected chi connectivity index (χ2v) is 19.6. The highest BCUT2D eigenvalue weighted by molar-refractivity contribution is 6.88. The van der Waals surface area contributed by atoms with E-state index in [1.165, 1.54) is 21.9 Å². The predicted molar refractivity (Wildman–Crippen MR) is 223 cm³/mol. The van der Waals surface area contributed by atoms with E-state index in [0.717, 1.165) is 55.3 Å². The van der Waals surface area contributed by atoms with Crippen LogP contribution in [0.1, 0.15) is 0 Å². The number of furan rings is 1. The van der Waals surface area contributed by atoms with Crippen molar-refractivity contribution in [3.63, 3.8) is 0 Å². The zero-order valence-corrected chi connectivity index (χ0v) is 30.9. The van der Waals surface area contributed by atoms with Crippen LogP contribution in [0.5, 0.6) is 0 Å². The average Bonchev–Trinajstić information content (AvgIpc) is 3.60. The maximum Gasteiger partial charge on any atom is 0.164 e. The van der Waals surface area contributed by atoms with E-state index in [0.29, 0.717) is 17.5 Å². The molecule has 0 fully saturated rings. The fourth-order valence-electron chi connectivity index (χ4n) is 7.08. The molecule has 0 radical (unpaired) electrons. The molecule has 5 heteroatoms. The lowest BCUT2D eigenvalue weighted by Crippen LogP contribution is -2.37. The summed E-state index contributed by atoms with van der Waals surface area (Å²) in [6.45, 7) is 7.17. The third kappa shape index (κ3) is 6.26. The number of benzene rings is 7. The summed E-state index contributed by atoms with van der Waals surface area (Å²) >= 11 is 0. The molecule has 0 spiro atoms. The van der Waals surface area contributed by atoms with Crippen molar-refractivity contribution in [2.45, 2.75) is 19.6 Å². The smallest absolute Gasteiger partial charge is 0.164 e. The molecular weight excluding hydrogens is 663 g/mol. The number of aromatic nitrogens is 3. The molecule has 0 bridgehead atoms. The van der Waals surface area contributed by atoms with E-state index in [-0.39, 0.29) is 0 Å². The standard InChI is InChI=1S/C48H37N3OSi/c1-53(2,3)39-21-11-19-37(31-39)36-18-10-20-38(30-36)40-22-12-23-41-44-42(24-13-25-43(44)52-45(40)41)48-50-46(34-16-8-5-9-17-34)49-47(51-48)35-28-26-33(27-29-35)32-14-6-4-7-15-32/h4-31H,1-3H3. The summed E-state index contributed by atoms with van der Waals surface area (Å²) in [7, 11) is -1.45. The summed E-state index contributed by atoms with van der Waals surface area (Å²) in [4.78, 5) is 15.2. The van der Waals surface area contributed by atoms with Gasteiger partial charge in [0.1, 0.15) is 11.2 Å². The van der Waals surface area contributed by atoms with Crippen molar-refractivity contribution < 1.29 is 4.42 Å². The minimum atomic E-state index is -1.45. The number of para-hydroxylation sites is 1. The summed E-state index contributed by atoms with van der Waals surface area (Å²) in [6, 6.07) is 59.3. The number of hydrogen-bond acceptors (Lipinski definition) is 4. The van der Waals surface area contributed by atoms with Crippen molar-refractivity contribution in [3.8, 4) is 67.5 Å². The van der Waals surface area contributed by atoms with Gasteiger partial charge in [0.25, 0.3) is 0 Å². The van der Waals surface area contributed by atoms with Crippen LogP contribution in [0, 0.1) is 0 Å². The van der Waals surface area contributed by atoms with Gasteiger partial charge in [0.15, 0.2) is 17.5 Å². The van der Waals surface area contributed by atoms with Crippen LogP contribution in [0.15, 0.2) is 174 Å². The number of nitrogens with zero attached hydrogens (tertiary/aromatic N) is 3. The molecule has 2 heterocycles. The van der Waals surface area contributed by atoms with Gasteiger partial charge in [-0.1, -0.05) is 183 Å². The maximum atomic E-state index is 6.73. The first-order valence-electron chi connectivity index (χ1n) is 18.0. The van der Waals surface area contributed by atoms with Crippen LogP contribution < -0.4 is 5.19 Å². The van der Waals surface area contributed by atoms with Gasteiger partial charge in [-0.3, -0.25) is 0 Å². The molecule has 0 saturated carbocycles. The molecule has 0 atom stereocenters. The van der Waals surface area contributed by atoms with E-state index in [1.807, 2.05) is 48.5 Å². The third-order valence-corrected chi connectivity index (χ3v) is 12.0. The summed E-state index contributed by atoms with van der Waals surface area (Å²) < 4.78 is 6.73. The highest BCUT2D eigenvalue weighted by Gasteiger charge is 2.20. The van der Waals surface area contributed by atoms with Gasteiger partial charge in [-0.15, -0.1) is 0 Å². The first kappa shape index (κ1) is 32.5. The van der Waals surface area contributed by atoms with E-state index in [4.69, 9.17) is 19.4 Å². The first-order valence-corrected chi connectivity index (χ1v) is 21.5. The number of rotatable bonds is 7. The maximum absolute atomic E-state index is 6.73. The van der Waals surface area contributed by atoms with Crippen molar-refractivity contribution in [2.24, 2.45) is 0 Å². The Morgan fingerprint density at radius 3 is 1.62 bits per heavy atom. The lowest BCUT2D eigenvalue weighted by Gasteiger charge is -2.17. The van der Waals surface area contributed by atoms with Gasteiger partial charge in [-0.05, 0) is 39.9 Å². The van der Waals surface area contributed by atoms with Crippen LogP contribution in [0.2, 0.25) is 19.6 Å². The molecule has 9 aromatic rings. The Morgan fingerprint density at radius 2 is 0.906 bits per heavy atom. The predicted octanol–water partition coefficient (Wildman–Crippen LogP) is 12.3. The monoisotopic (exact) mass is 699 g/mol. The third-order valence-electron chi connectivity index (χ3n) is 9.92. The Kier molecular flexibility index (Phi) is 8.13. The zero-order valence-electron chi connectivity index (χ0n) is 29.9. The zero-order chi connectivity index (χ0) is 35.9. The van der Waals surface area contributed by atoms with Crippen LogP contribution in [-0.4, -0.2) is 23.0 Å². The molecule has 0 unspecified atom stereocenters. The van der Waals surface area contributed by atoms with Crippen LogP contribution in [-0.2, 0) is 0 Å². The summed E-state index contributed by atoms with van der Waals surface area (Å²) in [5.74, 6) is 1.84. The van der Waals surface area contributed by atoms with Gasteiger partial charge in [-0.2, -0.15) is 0 Å². The second-order valence-electron chi connectivity index (χ2n) is 14.5. The molecule has 7 aromatic carbocycles. The van der Waals surface area contributed by atoms with Crippen LogP contribution in [0.25, 0.3) is 89.5 Å². The molecule has 53 heavy (non-hydrogen) atoms. The molecule has 2 aromatic heterocycles. The SMILES string of the molecule is C[Si](C)(C)c1cccc(-c2cccc(-c3cccc4c3oc3cccc(-c5nc(-c6ccccc6)nc(-c6ccc(-c7ccccc7)cc6)n5)c34)c2)c1. The van der Waals surface area contributed by atoms with Gasteiger partial charge in [-0.25, -0.2) is 15.0 Å². The van der Waals surface area contributed by atoms with E-state index in [2.05, 4.69) is 141 Å². The lowest BCUT2D eigenvalue weighted by molar-refractivity contribution is 0.670. The van der Waals surface area contributed by atoms with Crippen molar-refractivity contribution in [1.82, 2.24) is 15.0 Å². The Bertz CT molecular complexity index is 2750. The molecule has 4 nitrogen and oxygen atoms in total. The Labute approximate surface area is 310 Å². The molecule has 0 saturated heterocycles. The average molecular weight is 700 g/mol.